The van der Waals surface area contributed by atoms with Crippen molar-refractivity contribution in [3.63, 3.8) is 0 Å². The summed E-state index contributed by atoms with van der Waals surface area (Å²) in [4.78, 5) is 23.4. The Kier molecular flexibility index (Phi) is 3.40. The topological polar surface area (TPSA) is 66.4 Å². The zero-order valence-electron chi connectivity index (χ0n) is 10.4. The fourth-order valence-corrected chi connectivity index (χ4v) is 2.71. The number of carboxylic acid groups (broad SMARTS) is 1. The zero-order chi connectivity index (χ0) is 12.5. The van der Waals surface area contributed by atoms with Crippen molar-refractivity contribution in [2.75, 3.05) is 0 Å². The molecule has 2 aliphatic carbocycles. The van der Waals surface area contributed by atoms with Gasteiger partial charge in [0, 0.05) is 5.92 Å². The predicted octanol–water partition coefficient (Wildman–Crippen LogP) is 1.94. The van der Waals surface area contributed by atoms with Gasteiger partial charge in [-0.2, -0.15) is 0 Å². The maximum atomic E-state index is 12.0. The number of aliphatic carboxylic acids is 1. The van der Waals surface area contributed by atoms with E-state index in [1.54, 1.807) is 0 Å². The van der Waals surface area contributed by atoms with E-state index in [4.69, 9.17) is 0 Å². The highest BCUT2D eigenvalue weighted by atomic mass is 16.4. The fraction of sp³-hybridized carbons (Fsp3) is 0.846. The molecule has 0 aliphatic heterocycles. The molecule has 4 nitrogen and oxygen atoms in total. The molecule has 1 amide bonds. The average molecular weight is 239 g/mol. The van der Waals surface area contributed by atoms with E-state index in [1.807, 2.05) is 6.92 Å². The normalized spacial score (nSPS) is 25.0. The SMILES string of the molecule is CC(C(=O)NC1(C(=O)O)CCCCC1)C1CC1. The molecule has 0 aromatic rings. The molecular weight excluding hydrogens is 218 g/mol. The Balaban J connectivity index is 2.01. The second kappa shape index (κ2) is 4.67. The van der Waals surface area contributed by atoms with Crippen LogP contribution in [-0.4, -0.2) is 22.5 Å². The number of carboxylic acids is 1. The second-order valence-corrected chi connectivity index (χ2v) is 5.56. The van der Waals surface area contributed by atoms with E-state index in [9.17, 15) is 14.7 Å². The van der Waals surface area contributed by atoms with Gasteiger partial charge in [0.25, 0.3) is 0 Å². The van der Waals surface area contributed by atoms with Crippen molar-refractivity contribution in [2.24, 2.45) is 11.8 Å². The molecule has 4 heteroatoms. The molecule has 2 fully saturated rings. The van der Waals surface area contributed by atoms with E-state index in [0.29, 0.717) is 18.8 Å². The van der Waals surface area contributed by atoms with Crippen molar-refractivity contribution in [1.82, 2.24) is 5.32 Å². The van der Waals surface area contributed by atoms with Crippen LogP contribution in [0.15, 0.2) is 0 Å². The summed E-state index contributed by atoms with van der Waals surface area (Å²) in [5, 5.41) is 12.2. The maximum Gasteiger partial charge on any atom is 0.329 e. The minimum absolute atomic E-state index is 0.0341. The number of rotatable bonds is 4. The largest absolute Gasteiger partial charge is 0.480 e. The van der Waals surface area contributed by atoms with Crippen LogP contribution in [0.5, 0.6) is 0 Å². The van der Waals surface area contributed by atoms with E-state index in [-0.39, 0.29) is 11.8 Å². The molecule has 0 spiro atoms. The number of carbonyl (C=O) groups is 2. The highest BCUT2D eigenvalue weighted by Crippen LogP contribution is 2.37. The van der Waals surface area contributed by atoms with Gasteiger partial charge in [-0.3, -0.25) is 4.79 Å². The molecule has 0 aromatic carbocycles. The van der Waals surface area contributed by atoms with Crippen LogP contribution < -0.4 is 5.32 Å². The van der Waals surface area contributed by atoms with Gasteiger partial charge in [-0.25, -0.2) is 4.79 Å². The van der Waals surface area contributed by atoms with Crippen LogP contribution in [0.2, 0.25) is 0 Å². The summed E-state index contributed by atoms with van der Waals surface area (Å²) in [5.41, 5.74) is -0.988. The first-order chi connectivity index (χ1) is 8.05. The van der Waals surface area contributed by atoms with Gasteiger partial charge < -0.3 is 10.4 Å². The lowest BCUT2D eigenvalue weighted by molar-refractivity contribution is -0.150. The molecule has 0 saturated heterocycles. The first-order valence-electron chi connectivity index (χ1n) is 6.60. The van der Waals surface area contributed by atoms with Crippen molar-refractivity contribution >= 4 is 11.9 Å². The summed E-state index contributed by atoms with van der Waals surface area (Å²) in [5.74, 6) is -0.497. The summed E-state index contributed by atoms with van der Waals surface area (Å²) in [6, 6.07) is 0. The van der Waals surface area contributed by atoms with Crippen molar-refractivity contribution in [2.45, 2.75) is 57.4 Å². The average Bonchev–Trinajstić information content (AvgIpc) is 3.13. The minimum Gasteiger partial charge on any atom is -0.480 e. The molecular formula is C13H21NO3. The van der Waals surface area contributed by atoms with Gasteiger partial charge in [0.15, 0.2) is 0 Å². The van der Waals surface area contributed by atoms with Crippen LogP contribution in [0.3, 0.4) is 0 Å². The summed E-state index contributed by atoms with van der Waals surface area (Å²) in [6.45, 7) is 1.91. The van der Waals surface area contributed by atoms with Crippen LogP contribution in [0.25, 0.3) is 0 Å². The molecule has 2 rings (SSSR count). The van der Waals surface area contributed by atoms with Gasteiger partial charge >= 0.3 is 5.97 Å². The van der Waals surface area contributed by atoms with Gasteiger partial charge in [-0.05, 0) is 31.6 Å². The molecule has 2 aliphatic rings. The number of hydrogen-bond acceptors (Lipinski definition) is 2. The molecule has 2 N–H and O–H groups in total. The number of amides is 1. The third kappa shape index (κ3) is 2.61. The lowest BCUT2D eigenvalue weighted by Gasteiger charge is -2.34. The molecule has 1 atom stereocenters. The number of carbonyl (C=O) groups excluding carboxylic acids is 1. The first-order valence-corrected chi connectivity index (χ1v) is 6.60. The van der Waals surface area contributed by atoms with Gasteiger partial charge in [-0.1, -0.05) is 26.2 Å². The standard InChI is InChI=1S/C13H21NO3/c1-9(10-5-6-10)11(15)14-13(12(16)17)7-3-2-4-8-13/h9-10H,2-8H2,1H3,(H,14,15)(H,16,17). The van der Waals surface area contributed by atoms with Crippen LogP contribution in [0, 0.1) is 11.8 Å². The van der Waals surface area contributed by atoms with E-state index in [2.05, 4.69) is 5.32 Å². The van der Waals surface area contributed by atoms with E-state index in [0.717, 1.165) is 32.1 Å². The molecule has 1 unspecified atom stereocenters. The Bertz CT molecular complexity index is 317. The third-order valence-electron chi connectivity index (χ3n) is 4.22. The summed E-state index contributed by atoms with van der Waals surface area (Å²) >= 11 is 0. The van der Waals surface area contributed by atoms with Crippen molar-refractivity contribution in [3.8, 4) is 0 Å². The van der Waals surface area contributed by atoms with Gasteiger partial charge in [-0.15, -0.1) is 0 Å². The van der Waals surface area contributed by atoms with Gasteiger partial charge in [0.05, 0.1) is 0 Å². The Labute approximate surface area is 102 Å². The Morgan fingerprint density at radius 3 is 2.29 bits per heavy atom. The highest BCUT2D eigenvalue weighted by molar-refractivity contribution is 5.88. The van der Waals surface area contributed by atoms with Crippen molar-refractivity contribution in [1.29, 1.82) is 0 Å². The minimum atomic E-state index is -0.988. The van der Waals surface area contributed by atoms with Crippen LogP contribution in [0.4, 0.5) is 0 Å². The zero-order valence-corrected chi connectivity index (χ0v) is 10.4. The van der Waals surface area contributed by atoms with Crippen LogP contribution in [-0.2, 0) is 9.59 Å². The molecule has 96 valence electrons. The molecule has 17 heavy (non-hydrogen) atoms. The molecule has 0 bridgehead atoms. The van der Waals surface area contributed by atoms with Crippen molar-refractivity contribution < 1.29 is 14.7 Å². The van der Waals surface area contributed by atoms with E-state index in [1.165, 1.54) is 0 Å². The monoisotopic (exact) mass is 239 g/mol. The summed E-state index contributed by atoms with van der Waals surface area (Å²) in [7, 11) is 0. The van der Waals surface area contributed by atoms with E-state index < -0.39 is 11.5 Å². The molecule has 0 aromatic heterocycles. The quantitative estimate of drug-likeness (QED) is 0.787. The molecule has 0 heterocycles. The van der Waals surface area contributed by atoms with Crippen LogP contribution in [0.1, 0.15) is 51.9 Å². The summed E-state index contributed by atoms with van der Waals surface area (Å²) in [6.07, 6.45) is 6.22. The van der Waals surface area contributed by atoms with E-state index >= 15 is 0 Å². The maximum absolute atomic E-state index is 12.0. The highest BCUT2D eigenvalue weighted by Gasteiger charge is 2.43. The van der Waals surface area contributed by atoms with Gasteiger partial charge in [0.2, 0.25) is 5.91 Å². The Hall–Kier alpha value is -1.06. The number of nitrogens with one attached hydrogen (secondary N) is 1. The summed E-state index contributed by atoms with van der Waals surface area (Å²) < 4.78 is 0. The Morgan fingerprint density at radius 1 is 1.24 bits per heavy atom. The lowest BCUT2D eigenvalue weighted by Crippen LogP contribution is -2.56. The lowest BCUT2D eigenvalue weighted by atomic mass is 9.81. The molecule has 0 radical (unpaired) electrons. The fourth-order valence-electron chi connectivity index (χ4n) is 2.71. The second-order valence-electron chi connectivity index (χ2n) is 5.56. The predicted molar refractivity (Wildman–Crippen MR) is 63.5 cm³/mol. The Morgan fingerprint density at radius 2 is 1.82 bits per heavy atom. The number of hydrogen-bond donors (Lipinski definition) is 2. The molecule has 2 saturated carbocycles. The smallest absolute Gasteiger partial charge is 0.329 e. The van der Waals surface area contributed by atoms with Crippen LogP contribution >= 0.6 is 0 Å². The third-order valence-corrected chi connectivity index (χ3v) is 4.22. The van der Waals surface area contributed by atoms with Gasteiger partial charge in [0.1, 0.15) is 5.54 Å². The van der Waals surface area contributed by atoms with Crippen molar-refractivity contribution in [3.05, 3.63) is 0 Å². The first kappa shape index (κ1) is 12.4.